The van der Waals surface area contributed by atoms with Crippen LogP contribution >= 0.6 is 0 Å². The fourth-order valence-corrected chi connectivity index (χ4v) is 1.86. The molecule has 1 atom stereocenters. The van der Waals surface area contributed by atoms with Crippen molar-refractivity contribution in [3.63, 3.8) is 0 Å². The molecule has 0 bridgehead atoms. The quantitative estimate of drug-likeness (QED) is 0.690. The first-order chi connectivity index (χ1) is 5.81. The Balaban J connectivity index is 2.19. The summed E-state index contributed by atoms with van der Waals surface area (Å²) >= 11 is 0. The van der Waals surface area contributed by atoms with Crippen LogP contribution in [0.2, 0.25) is 0 Å². The van der Waals surface area contributed by atoms with Gasteiger partial charge >= 0.3 is 0 Å². The van der Waals surface area contributed by atoms with Crippen molar-refractivity contribution in [2.45, 2.75) is 31.7 Å². The van der Waals surface area contributed by atoms with Gasteiger partial charge in [-0.3, -0.25) is 0 Å². The Morgan fingerprint density at radius 2 is 2.42 bits per heavy atom. The van der Waals surface area contributed by atoms with Gasteiger partial charge in [0.1, 0.15) is 5.76 Å². The smallest absolute Gasteiger partial charge is 0.123 e. The van der Waals surface area contributed by atoms with Crippen LogP contribution in [0.3, 0.4) is 0 Å². The van der Waals surface area contributed by atoms with E-state index in [2.05, 4.69) is 18.3 Å². The molecule has 1 unspecified atom stereocenters. The third-order valence-electron chi connectivity index (χ3n) is 2.68. The van der Waals surface area contributed by atoms with E-state index in [1.807, 2.05) is 6.07 Å². The Bertz CT molecular complexity index is 234. The fourth-order valence-electron chi connectivity index (χ4n) is 1.86. The number of nitrogens with one attached hydrogen (secondary N) is 1. The molecular weight excluding hydrogens is 150 g/mol. The van der Waals surface area contributed by atoms with Crippen LogP contribution in [-0.4, -0.2) is 6.54 Å². The van der Waals surface area contributed by atoms with Crippen LogP contribution in [0.4, 0.5) is 0 Å². The number of furan rings is 1. The molecule has 1 aromatic heterocycles. The SMILES string of the molecule is CC1(c2ccco2)CCCCN1. The Morgan fingerprint density at radius 1 is 1.50 bits per heavy atom. The zero-order chi connectivity index (χ0) is 8.44. The van der Waals surface area contributed by atoms with Crippen LogP contribution in [0.1, 0.15) is 31.9 Å². The van der Waals surface area contributed by atoms with E-state index in [1.54, 1.807) is 6.26 Å². The number of hydrogen-bond donors (Lipinski definition) is 1. The average molecular weight is 165 g/mol. The van der Waals surface area contributed by atoms with E-state index in [0.717, 1.165) is 12.3 Å². The standard InChI is InChI=1S/C10H15NO/c1-10(6-2-3-7-11-10)9-5-4-8-12-9/h4-5,8,11H,2-3,6-7H2,1H3. The summed E-state index contributed by atoms with van der Waals surface area (Å²) < 4.78 is 5.41. The normalized spacial score (nSPS) is 30.4. The highest BCUT2D eigenvalue weighted by atomic mass is 16.3. The average Bonchev–Trinajstić information content (AvgIpc) is 2.58. The van der Waals surface area contributed by atoms with Gasteiger partial charge in [-0.15, -0.1) is 0 Å². The third-order valence-corrected chi connectivity index (χ3v) is 2.68. The maximum atomic E-state index is 5.41. The van der Waals surface area contributed by atoms with Crippen LogP contribution in [0.15, 0.2) is 22.8 Å². The molecule has 2 heteroatoms. The van der Waals surface area contributed by atoms with Crippen LogP contribution in [-0.2, 0) is 5.54 Å². The molecule has 0 saturated carbocycles. The molecule has 1 aromatic rings. The molecule has 1 saturated heterocycles. The summed E-state index contributed by atoms with van der Waals surface area (Å²) in [5, 5.41) is 3.50. The van der Waals surface area contributed by atoms with Crippen LogP contribution < -0.4 is 5.32 Å². The maximum Gasteiger partial charge on any atom is 0.123 e. The Morgan fingerprint density at radius 3 is 3.00 bits per heavy atom. The van der Waals surface area contributed by atoms with Gasteiger partial charge in [0.15, 0.2) is 0 Å². The summed E-state index contributed by atoms with van der Waals surface area (Å²) in [5.74, 6) is 1.07. The van der Waals surface area contributed by atoms with Crippen molar-refractivity contribution in [1.29, 1.82) is 0 Å². The Kier molecular flexibility index (Phi) is 1.93. The van der Waals surface area contributed by atoms with Crippen molar-refractivity contribution < 1.29 is 4.42 Å². The minimum absolute atomic E-state index is 0.0851. The van der Waals surface area contributed by atoms with Crippen molar-refractivity contribution >= 4 is 0 Å². The zero-order valence-corrected chi connectivity index (χ0v) is 7.47. The summed E-state index contributed by atoms with van der Waals surface area (Å²) in [4.78, 5) is 0. The predicted octanol–water partition coefficient (Wildman–Crippen LogP) is 2.27. The molecule has 0 aliphatic carbocycles. The Hall–Kier alpha value is -0.760. The number of piperidine rings is 1. The molecule has 2 heterocycles. The molecule has 66 valence electrons. The van der Waals surface area contributed by atoms with E-state index < -0.39 is 0 Å². The lowest BCUT2D eigenvalue weighted by molar-refractivity contribution is 0.236. The monoisotopic (exact) mass is 165 g/mol. The third kappa shape index (κ3) is 1.27. The van der Waals surface area contributed by atoms with Gasteiger partial charge in [-0.25, -0.2) is 0 Å². The van der Waals surface area contributed by atoms with Crippen molar-refractivity contribution in [2.75, 3.05) is 6.54 Å². The van der Waals surface area contributed by atoms with Gasteiger partial charge in [0.05, 0.1) is 11.8 Å². The second-order valence-electron chi connectivity index (χ2n) is 3.69. The predicted molar refractivity (Wildman–Crippen MR) is 47.9 cm³/mol. The molecule has 0 aromatic carbocycles. The summed E-state index contributed by atoms with van der Waals surface area (Å²) in [7, 11) is 0. The van der Waals surface area contributed by atoms with Gasteiger partial charge in [-0.2, -0.15) is 0 Å². The lowest BCUT2D eigenvalue weighted by atomic mass is 9.89. The summed E-state index contributed by atoms with van der Waals surface area (Å²) in [6, 6.07) is 4.01. The van der Waals surface area contributed by atoms with Crippen molar-refractivity contribution in [2.24, 2.45) is 0 Å². The highest BCUT2D eigenvalue weighted by Crippen LogP contribution is 2.29. The first-order valence-electron chi connectivity index (χ1n) is 4.60. The van der Waals surface area contributed by atoms with Crippen LogP contribution in [0, 0.1) is 0 Å². The fraction of sp³-hybridized carbons (Fsp3) is 0.600. The molecule has 1 aliphatic heterocycles. The van der Waals surface area contributed by atoms with E-state index in [4.69, 9.17) is 4.42 Å². The molecule has 12 heavy (non-hydrogen) atoms. The van der Waals surface area contributed by atoms with Gasteiger partial charge in [0, 0.05) is 0 Å². The second-order valence-corrected chi connectivity index (χ2v) is 3.69. The molecule has 0 amide bonds. The molecular formula is C10H15NO. The van der Waals surface area contributed by atoms with Gasteiger partial charge in [-0.05, 0) is 44.9 Å². The largest absolute Gasteiger partial charge is 0.467 e. The van der Waals surface area contributed by atoms with E-state index in [9.17, 15) is 0 Å². The Labute approximate surface area is 73.0 Å². The first kappa shape index (κ1) is 7.87. The summed E-state index contributed by atoms with van der Waals surface area (Å²) in [5.41, 5.74) is 0.0851. The number of hydrogen-bond acceptors (Lipinski definition) is 2. The minimum Gasteiger partial charge on any atom is -0.467 e. The van der Waals surface area contributed by atoms with Crippen molar-refractivity contribution in [3.05, 3.63) is 24.2 Å². The second kappa shape index (κ2) is 2.94. The molecule has 1 aliphatic rings. The van der Waals surface area contributed by atoms with Crippen LogP contribution in [0.25, 0.3) is 0 Å². The highest BCUT2D eigenvalue weighted by molar-refractivity contribution is 5.11. The maximum absolute atomic E-state index is 5.41. The lowest BCUT2D eigenvalue weighted by Gasteiger charge is -2.32. The number of rotatable bonds is 1. The molecule has 0 radical (unpaired) electrons. The van der Waals surface area contributed by atoms with E-state index >= 15 is 0 Å². The van der Waals surface area contributed by atoms with Gasteiger partial charge in [-0.1, -0.05) is 0 Å². The van der Waals surface area contributed by atoms with Gasteiger partial charge < -0.3 is 9.73 Å². The molecule has 2 rings (SSSR count). The lowest BCUT2D eigenvalue weighted by Crippen LogP contribution is -2.42. The van der Waals surface area contributed by atoms with Crippen LogP contribution in [0.5, 0.6) is 0 Å². The van der Waals surface area contributed by atoms with Gasteiger partial charge in [0.25, 0.3) is 0 Å². The molecule has 1 fully saturated rings. The highest BCUT2D eigenvalue weighted by Gasteiger charge is 2.30. The summed E-state index contributed by atoms with van der Waals surface area (Å²) in [6.07, 6.45) is 5.51. The van der Waals surface area contributed by atoms with E-state index in [0.29, 0.717) is 0 Å². The molecule has 0 spiro atoms. The topological polar surface area (TPSA) is 25.2 Å². The van der Waals surface area contributed by atoms with Gasteiger partial charge in [0.2, 0.25) is 0 Å². The van der Waals surface area contributed by atoms with E-state index in [-0.39, 0.29) is 5.54 Å². The van der Waals surface area contributed by atoms with E-state index in [1.165, 1.54) is 19.3 Å². The van der Waals surface area contributed by atoms with Crippen molar-refractivity contribution in [3.8, 4) is 0 Å². The molecule has 2 nitrogen and oxygen atoms in total. The summed E-state index contributed by atoms with van der Waals surface area (Å²) in [6.45, 7) is 3.32. The molecule has 1 N–H and O–H groups in total. The minimum atomic E-state index is 0.0851. The zero-order valence-electron chi connectivity index (χ0n) is 7.47. The first-order valence-corrected chi connectivity index (χ1v) is 4.60. The van der Waals surface area contributed by atoms with Crippen molar-refractivity contribution in [1.82, 2.24) is 5.32 Å².